The maximum absolute atomic E-state index is 13.6. The predicted octanol–water partition coefficient (Wildman–Crippen LogP) is 3.28. The Bertz CT molecular complexity index is 1280. The Hall–Kier alpha value is -3.92. The van der Waals surface area contributed by atoms with Gasteiger partial charge in [0.1, 0.15) is 18.0 Å². The zero-order valence-electron chi connectivity index (χ0n) is 20.7. The molecule has 0 saturated heterocycles. The van der Waals surface area contributed by atoms with Gasteiger partial charge in [0.25, 0.3) is 10.0 Å². The fraction of sp³-hybridized carbons (Fsp3) is 0.269. The molecule has 1 amide bonds. The molecule has 0 atom stereocenters. The van der Waals surface area contributed by atoms with Crippen molar-refractivity contribution < 1.29 is 32.2 Å². The second kappa shape index (κ2) is 12.2. The van der Waals surface area contributed by atoms with Crippen molar-refractivity contribution in [3.8, 4) is 23.0 Å². The van der Waals surface area contributed by atoms with Crippen molar-refractivity contribution in [2.75, 3.05) is 45.8 Å². The number of amides is 1. The van der Waals surface area contributed by atoms with Crippen LogP contribution in [0.5, 0.6) is 23.0 Å². The van der Waals surface area contributed by atoms with E-state index in [0.717, 1.165) is 9.87 Å². The molecule has 192 valence electrons. The Morgan fingerprint density at radius 3 is 2.14 bits per heavy atom. The van der Waals surface area contributed by atoms with Crippen molar-refractivity contribution >= 4 is 21.6 Å². The summed E-state index contributed by atoms with van der Waals surface area (Å²) >= 11 is 0. The molecular weight excluding hydrogens is 484 g/mol. The highest BCUT2D eigenvalue weighted by Gasteiger charge is 2.29. The summed E-state index contributed by atoms with van der Waals surface area (Å²) in [5, 5.41) is 2.80. The molecule has 0 bridgehead atoms. The molecule has 0 spiro atoms. The summed E-state index contributed by atoms with van der Waals surface area (Å²) in [7, 11) is 1.96. The van der Waals surface area contributed by atoms with Crippen LogP contribution in [0.4, 0.5) is 5.69 Å². The van der Waals surface area contributed by atoms with Crippen molar-refractivity contribution in [3.05, 3.63) is 72.3 Å². The number of carbonyl (C=O) groups is 1. The average molecular weight is 515 g/mol. The molecule has 0 aliphatic carbocycles. The average Bonchev–Trinajstić information content (AvgIpc) is 2.91. The number of anilines is 1. The minimum Gasteiger partial charge on any atom is -0.497 e. The number of hydrogen-bond acceptors (Lipinski definition) is 7. The number of nitrogens with zero attached hydrogens (tertiary/aromatic N) is 1. The van der Waals surface area contributed by atoms with Crippen molar-refractivity contribution in [2.45, 2.75) is 11.3 Å². The molecule has 10 heteroatoms. The van der Waals surface area contributed by atoms with Gasteiger partial charge in [-0.25, -0.2) is 8.42 Å². The first-order chi connectivity index (χ1) is 17.3. The molecular formula is C26H30N2O7S. The topological polar surface area (TPSA) is 103 Å². The molecule has 0 fully saturated rings. The lowest BCUT2D eigenvalue weighted by molar-refractivity contribution is -0.119. The zero-order chi connectivity index (χ0) is 26.1. The first-order valence-electron chi connectivity index (χ1n) is 11.1. The Kier molecular flexibility index (Phi) is 9.02. The van der Waals surface area contributed by atoms with Gasteiger partial charge < -0.3 is 24.3 Å². The van der Waals surface area contributed by atoms with Crippen LogP contribution in [0, 0.1) is 0 Å². The van der Waals surface area contributed by atoms with Gasteiger partial charge in [-0.1, -0.05) is 24.3 Å². The van der Waals surface area contributed by atoms with Gasteiger partial charge in [0.2, 0.25) is 5.91 Å². The number of methoxy groups -OCH3 is 4. The molecule has 0 aliphatic heterocycles. The second-order valence-electron chi connectivity index (χ2n) is 7.65. The molecule has 0 unspecified atom stereocenters. The molecule has 0 aliphatic rings. The normalized spacial score (nSPS) is 10.9. The van der Waals surface area contributed by atoms with Crippen molar-refractivity contribution in [2.24, 2.45) is 0 Å². The fourth-order valence-electron chi connectivity index (χ4n) is 3.58. The summed E-state index contributed by atoms with van der Waals surface area (Å²) < 4.78 is 49.3. The quantitative estimate of drug-likeness (QED) is 0.396. The summed E-state index contributed by atoms with van der Waals surface area (Å²) in [6, 6.07) is 18.2. The number of sulfonamides is 1. The van der Waals surface area contributed by atoms with E-state index >= 15 is 0 Å². The lowest BCUT2D eigenvalue weighted by Crippen LogP contribution is -2.41. The highest BCUT2D eigenvalue weighted by atomic mass is 32.2. The van der Waals surface area contributed by atoms with Crippen LogP contribution in [0.1, 0.15) is 5.56 Å². The summed E-state index contributed by atoms with van der Waals surface area (Å²) in [4.78, 5) is 13.0. The maximum atomic E-state index is 13.6. The van der Waals surface area contributed by atoms with E-state index in [1.807, 2.05) is 12.1 Å². The van der Waals surface area contributed by atoms with Gasteiger partial charge in [0.15, 0.2) is 11.5 Å². The Morgan fingerprint density at radius 1 is 0.806 bits per heavy atom. The Balaban J connectivity index is 1.81. The van der Waals surface area contributed by atoms with Crippen molar-refractivity contribution in [1.82, 2.24) is 5.32 Å². The van der Waals surface area contributed by atoms with E-state index in [4.69, 9.17) is 18.9 Å². The molecule has 3 aromatic rings. The Morgan fingerprint density at radius 2 is 1.50 bits per heavy atom. The van der Waals surface area contributed by atoms with Gasteiger partial charge in [-0.05, 0) is 48.4 Å². The lowest BCUT2D eigenvalue weighted by atomic mass is 10.1. The van der Waals surface area contributed by atoms with Crippen LogP contribution in [0.15, 0.2) is 71.6 Å². The maximum Gasteiger partial charge on any atom is 0.264 e. The smallest absolute Gasteiger partial charge is 0.264 e. The van der Waals surface area contributed by atoms with E-state index in [-0.39, 0.29) is 16.3 Å². The van der Waals surface area contributed by atoms with Gasteiger partial charge in [-0.15, -0.1) is 0 Å². The second-order valence-corrected chi connectivity index (χ2v) is 9.51. The molecule has 3 aromatic carbocycles. The fourth-order valence-corrected chi connectivity index (χ4v) is 5.03. The third-order valence-electron chi connectivity index (χ3n) is 5.46. The van der Waals surface area contributed by atoms with Crippen LogP contribution in [0.25, 0.3) is 0 Å². The first kappa shape index (κ1) is 26.7. The molecule has 1 N–H and O–H groups in total. The number of ether oxygens (including phenoxy) is 4. The van der Waals surface area contributed by atoms with Crippen LogP contribution >= 0.6 is 0 Å². The highest BCUT2D eigenvalue weighted by molar-refractivity contribution is 7.92. The van der Waals surface area contributed by atoms with E-state index < -0.39 is 22.5 Å². The van der Waals surface area contributed by atoms with E-state index in [9.17, 15) is 13.2 Å². The minimum absolute atomic E-state index is 0.0565. The van der Waals surface area contributed by atoms with Gasteiger partial charge in [-0.2, -0.15) is 0 Å². The number of carbonyl (C=O) groups excluding carboxylic acids is 1. The van der Waals surface area contributed by atoms with E-state index in [2.05, 4.69) is 5.32 Å². The third-order valence-corrected chi connectivity index (χ3v) is 7.23. The minimum atomic E-state index is -4.07. The molecule has 3 rings (SSSR count). The van der Waals surface area contributed by atoms with Crippen LogP contribution in [-0.2, 0) is 21.2 Å². The van der Waals surface area contributed by atoms with Crippen LogP contribution < -0.4 is 28.6 Å². The number of nitrogens with one attached hydrogen (secondary N) is 1. The standard InChI is InChI=1S/C26H30N2O7S/c1-32-20-11-12-22(24(17-20)34-3)28(36(30,31)21-8-6-5-7-9-21)18-26(29)27-15-14-19-10-13-23(33-2)25(16-19)35-4/h5-13,16-17H,14-15,18H2,1-4H3,(H,27,29). The molecule has 9 nitrogen and oxygen atoms in total. The number of hydrogen-bond donors (Lipinski definition) is 1. The largest absolute Gasteiger partial charge is 0.497 e. The van der Waals surface area contributed by atoms with E-state index in [1.165, 1.54) is 26.4 Å². The number of rotatable bonds is 12. The van der Waals surface area contributed by atoms with E-state index in [0.29, 0.717) is 30.2 Å². The van der Waals surface area contributed by atoms with E-state index in [1.54, 1.807) is 56.7 Å². The molecule has 0 radical (unpaired) electrons. The SMILES string of the molecule is COc1ccc(N(CC(=O)NCCc2ccc(OC)c(OC)c2)S(=O)(=O)c2ccccc2)c(OC)c1. The van der Waals surface area contributed by atoms with Crippen LogP contribution in [0.2, 0.25) is 0 Å². The predicted molar refractivity (Wildman–Crippen MR) is 137 cm³/mol. The van der Waals surface area contributed by atoms with Gasteiger partial charge in [0, 0.05) is 12.6 Å². The molecule has 0 aromatic heterocycles. The summed E-state index contributed by atoms with van der Waals surface area (Å²) in [6.45, 7) is -0.140. The highest BCUT2D eigenvalue weighted by Crippen LogP contribution is 2.35. The molecule has 0 heterocycles. The molecule has 0 saturated carbocycles. The molecule has 36 heavy (non-hydrogen) atoms. The van der Waals surface area contributed by atoms with Crippen LogP contribution in [-0.4, -0.2) is 55.9 Å². The van der Waals surface area contributed by atoms with Crippen LogP contribution in [0.3, 0.4) is 0 Å². The lowest BCUT2D eigenvalue weighted by Gasteiger charge is -2.26. The number of benzene rings is 3. The first-order valence-corrected chi connectivity index (χ1v) is 12.6. The summed E-state index contributed by atoms with van der Waals surface area (Å²) in [5.74, 6) is 1.49. The van der Waals surface area contributed by atoms with Gasteiger partial charge >= 0.3 is 0 Å². The zero-order valence-corrected chi connectivity index (χ0v) is 21.5. The third kappa shape index (κ3) is 6.19. The van der Waals surface area contributed by atoms with Crippen molar-refractivity contribution in [3.63, 3.8) is 0 Å². The monoisotopic (exact) mass is 514 g/mol. The summed E-state index contributed by atoms with van der Waals surface area (Å²) in [6.07, 6.45) is 0.517. The van der Waals surface area contributed by atoms with Gasteiger partial charge in [0.05, 0.1) is 39.0 Å². The van der Waals surface area contributed by atoms with Crippen molar-refractivity contribution in [1.29, 1.82) is 0 Å². The Labute approximate surface area is 211 Å². The van der Waals surface area contributed by atoms with Gasteiger partial charge in [-0.3, -0.25) is 9.10 Å². The summed E-state index contributed by atoms with van der Waals surface area (Å²) in [5.41, 5.74) is 1.15.